The van der Waals surface area contributed by atoms with Crippen LogP contribution in [-0.2, 0) is 11.2 Å². The Hall–Kier alpha value is -1.59. The van der Waals surface area contributed by atoms with Gasteiger partial charge in [0.15, 0.2) is 11.5 Å². The number of piperazine rings is 1. The summed E-state index contributed by atoms with van der Waals surface area (Å²) in [5.74, 6) is 0.770. The fraction of sp³-hybridized carbons (Fsp3) is 0.588. The SMILES string of the molecule is COc1cc(CCCN2CCN(C)CC2)ccc1OC(C)=O. The van der Waals surface area contributed by atoms with Gasteiger partial charge in [0.05, 0.1) is 7.11 Å². The van der Waals surface area contributed by atoms with Crippen molar-refractivity contribution in [1.29, 1.82) is 0 Å². The number of nitrogens with zero attached hydrogens (tertiary/aromatic N) is 2. The van der Waals surface area contributed by atoms with Gasteiger partial charge in [-0.25, -0.2) is 0 Å². The molecule has 0 aromatic heterocycles. The molecule has 0 aliphatic carbocycles. The molecule has 122 valence electrons. The molecular weight excluding hydrogens is 280 g/mol. The Morgan fingerprint density at radius 2 is 1.91 bits per heavy atom. The van der Waals surface area contributed by atoms with E-state index in [1.807, 2.05) is 18.2 Å². The van der Waals surface area contributed by atoms with E-state index in [1.165, 1.54) is 12.5 Å². The molecule has 0 saturated carbocycles. The average Bonchev–Trinajstić information content (AvgIpc) is 2.50. The minimum Gasteiger partial charge on any atom is -0.493 e. The second-order valence-electron chi connectivity index (χ2n) is 5.83. The summed E-state index contributed by atoms with van der Waals surface area (Å²) >= 11 is 0. The van der Waals surface area contributed by atoms with Gasteiger partial charge >= 0.3 is 5.97 Å². The molecule has 0 bridgehead atoms. The van der Waals surface area contributed by atoms with Crippen LogP contribution in [0.25, 0.3) is 0 Å². The van der Waals surface area contributed by atoms with E-state index < -0.39 is 0 Å². The highest BCUT2D eigenvalue weighted by molar-refractivity contribution is 5.70. The normalized spacial score (nSPS) is 16.5. The number of carbonyl (C=O) groups excluding carboxylic acids is 1. The van der Waals surface area contributed by atoms with Gasteiger partial charge in [-0.1, -0.05) is 6.07 Å². The molecule has 0 spiro atoms. The Morgan fingerprint density at radius 1 is 1.18 bits per heavy atom. The van der Waals surface area contributed by atoms with E-state index in [1.54, 1.807) is 7.11 Å². The van der Waals surface area contributed by atoms with Gasteiger partial charge in [0, 0.05) is 33.1 Å². The lowest BCUT2D eigenvalue weighted by Crippen LogP contribution is -2.44. The Labute approximate surface area is 132 Å². The fourth-order valence-electron chi connectivity index (χ4n) is 2.68. The van der Waals surface area contributed by atoms with Crippen molar-refractivity contribution in [1.82, 2.24) is 9.80 Å². The molecule has 0 unspecified atom stereocenters. The van der Waals surface area contributed by atoms with Crippen LogP contribution < -0.4 is 9.47 Å². The van der Waals surface area contributed by atoms with Crippen molar-refractivity contribution in [2.45, 2.75) is 19.8 Å². The lowest BCUT2D eigenvalue weighted by Gasteiger charge is -2.32. The first-order valence-corrected chi connectivity index (χ1v) is 7.84. The third-order valence-electron chi connectivity index (χ3n) is 4.02. The van der Waals surface area contributed by atoms with Crippen molar-refractivity contribution < 1.29 is 14.3 Å². The van der Waals surface area contributed by atoms with Crippen molar-refractivity contribution in [3.8, 4) is 11.5 Å². The lowest BCUT2D eigenvalue weighted by atomic mass is 10.1. The summed E-state index contributed by atoms with van der Waals surface area (Å²) in [7, 11) is 3.77. The molecule has 1 aromatic carbocycles. The molecule has 22 heavy (non-hydrogen) atoms. The van der Waals surface area contributed by atoms with Crippen LogP contribution in [0.4, 0.5) is 0 Å². The Bertz CT molecular complexity index is 497. The predicted octanol–water partition coefficient (Wildman–Crippen LogP) is 1.80. The molecule has 2 rings (SSSR count). The Kier molecular flexibility index (Phi) is 6.21. The van der Waals surface area contributed by atoms with Crippen molar-refractivity contribution in [2.24, 2.45) is 0 Å². The van der Waals surface area contributed by atoms with Gasteiger partial charge in [0.1, 0.15) is 0 Å². The van der Waals surface area contributed by atoms with Gasteiger partial charge in [-0.2, -0.15) is 0 Å². The monoisotopic (exact) mass is 306 g/mol. The minimum absolute atomic E-state index is 0.332. The molecule has 1 saturated heterocycles. The van der Waals surface area contributed by atoms with Gasteiger partial charge in [-0.05, 0) is 44.1 Å². The molecule has 1 aliphatic rings. The third-order valence-corrected chi connectivity index (χ3v) is 4.02. The van der Waals surface area contributed by atoms with Gasteiger partial charge in [0.2, 0.25) is 0 Å². The number of hydrogen-bond donors (Lipinski definition) is 0. The summed E-state index contributed by atoms with van der Waals surface area (Å²) < 4.78 is 10.4. The summed E-state index contributed by atoms with van der Waals surface area (Å²) in [6.07, 6.45) is 2.13. The summed E-state index contributed by atoms with van der Waals surface area (Å²) in [6, 6.07) is 5.78. The van der Waals surface area contributed by atoms with Crippen LogP contribution in [0.1, 0.15) is 18.9 Å². The topological polar surface area (TPSA) is 42.0 Å². The zero-order chi connectivity index (χ0) is 15.9. The van der Waals surface area contributed by atoms with Gasteiger partial charge in [-0.3, -0.25) is 4.79 Å². The Balaban J connectivity index is 1.83. The number of aryl methyl sites for hydroxylation is 1. The van der Waals surface area contributed by atoms with Gasteiger partial charge in [0.25, 0.3) is 0 Å². The van der Waals surface area contributed by atoms with Crippen molar-refractivity contribution in [2.75, 3.05) is 46.9 Å². The van der Waals surface area contributed by atoms with Crippen LogP contribution in [0.3, 0.4) is 0 Å². The van der Waals surface area contributed by atoms with E-state index in [4.69, 9.17) is 9.47 Å². The zero-order valence-electron chi connectivity index (χ0n) is 13.8. The Morgan fingerprint density at radius 3 is 2.55 bits per heavy atom. The quantitative estimate of drug-likeness (QED) is 0.592. The number of carbonyl (C=O) groups is 1. The number of likely N-dealkylation sites (N-methyl/N-ethyl adjacent to an activating group) is 1. The van der Waals surface area contributed by atoms with E-state index in [2.05, 4.69) is 16.8 Å². The van der Waals surface area contributed by atoms with Crippen LogP contribution in [-0.4, -0.2) is 62.7 Å². The van der Waals surface area contributed by atoms with E-state index in [9.17, 15) is 4.79 Å². The summed E-state index contributed by atoms with van der Waals surface area (Å²) in [6.45, 7) is 7.15. The van der Waals surface area contributed by atoms with Crippen molar-refractivity contribution >= 4 is 5.97 Å². The molecule has 0 amide bonds. The van der Waals surface area contributed by atoms with Gasteiger partial charge < -0.3 is 19.3 Å². The largest absolute Gasteiger partial charge is 0.493 e. The van der Waals surface area contributed by atoms with E-state index >= 15 is 0 Å². The second-order valence-corrected chi connectivity index (χ2v) is 5.83. The van der Waals surface area contributed by atoms with E-state index in [0.29, 0.717) is 11.5 Å². The second kappa shape index (κ2) is 8.15. The highest BCUT2D eigenvalue weighted by Crippen LogP contribution is 2.28. The predicted molar refractivity (Wildman–Crippen MR) is 86.6 cm³/mol. The van der Waals surface area contributed by atoms with Crippen LogP contribution in [0, 0.1) is 0 Å². The average molecular weight is 306 g/mol. The van der Waals surface area contributed by atoms with Crippen LogP contribution in [0.15, 0.2) is 18.2 Å². The molecule has 1 aliphatic heterocycles. The minimum atomic E-state index is -0.332. The molecule has 1 aromatic rings. The lowest BCUT2D eigenvalue weighted by molar-refractivity contribution is -0.132. The van der Waals surface area contributed by atoms with Crippen LogP contribution >= 0.6 is 0 Å². The summed E-state index contributed by atoms with van der Waals surface area (Å²) in [4.78, 5) is 15.9. The highest BCUT2D eigenvalue weighted by Gasteiger charge is 2.13. The fourth-order valence-corrected chi connectivity index (χ4v) is 2.68. The standard InChI is InChI=1S/C17H26N2O3/c1-14(20)22-16-7-6-15(13-17(16)21-3)5-4-8-19-11-9-18(2)10-12-19/h6-7,13H,4-5,8-12H2,1-3H3. The number of hydrogen-bond acceptors (Lipinski definition) is 5. The maximum Gasteiger partial charge on any atom is 0.308 e. The van der Waals surface area contributed by atoms with Crippen LogP contribution in [0.2, 0.25) is 0 Å². The molecular formula is C17H26N2O3. The van der Waals surface area contributed by atoms with Gasteiger partial charge in [-0.15, -0.1) is 0 Å². The number of methoxy groups -OCH3 is 1. The molecule has 1 fully saturated rings. The number of benzene rings is 1. The maximum atomic E-state index is 11.0. The molecule has 1 heterocycles. The van der Waals surface area contributed by atoms with E-state index in [-0.39, 0.29) is 5.97 Å². The highest BCUT2D eigenvalue weighted by atomic mass is 16.6. The third kappa shape index (κ3) is 5.00. The first-order chi connectivity index (χ1) is 10.6. The molecule has 5 heteroatoms. The maximum absolute atomic E-state index is 11.0. The number of esters is 1. The first-order valence-electron chi connectivity index (χ1n) is 7.84. The molecule has 0 radical (unpaired) electrons. The summed E-state index contributed by atoms with van der Waals surface area (Å²) in [5, 5.41) is 0. The van der Waals surface area contributed by atoms with Crippen molar-refractivity contribution in [3.05, 3.63) is 23.8 Å². The first kappa shape index (κ1) is 16.8. The van der Waals surface area contributed by atoms with E-state index in [0.717, 1.165) is 45.6 Å². The number of rotatable bonds is 6. The molecule has 0 atom stereocenters. The van der Waals surface area contributed by atoms with Crippen LogP contribution in [0.5, 0.6) is 11.5 Å². The smallest absolute Gasteiger partial charge is 0.308 e. The van der Waals surface area contributed by atoms with Crippen molar-refractivity contribution in [3.63, 3.8) is 0 Å². The molecule has 5 nitrogen and oxygen atoms in total. The molecule has 0 N–H and O–H groups in total. The zero-order valence-corrected chi connectivity index (χ0v) is 13.8. The summed E-state index contributed by atoms with van der Waals surface area (Å²) in [5.41, 5.74) is 1.21. The number of ether oxygens (including phenoxy) is 2.